The second-order valence-corrected chi connectivity index (χ2v) is 8.25. The molecule has 2 aliphatic rings. The van der Waals surface area contributed by atoms with Gasteiger partial charge in [-0.3, -0.25) is 4.79 Å². The molecule has 2 aromatic carbocycles. The summed E-state index contributed by atoms with van der Waals surface area (Å²) in [6.45, 7) is 0. The van der Waals surface area contributed by atoms with E-state index in [0.717, 1.165) is 31.2 Å². The van der Waals surface area contributed by atoms with Crippen LogP contribution >= 0.6 is 56.8 Å². The first-order chi connectivity index (χ1) is 11.5. The highest BCUT2D eigenvalue weighted by Gasteiger charge is 2.19. The molecule has 5 heteroatoms. The molecule has 1 aliphatic carbocycles. The summed E-state index contributed by atoms with van der Waals surface area (Å²) in [4.78, 5) is 12.0. The summed E-state index contributed by atoms with van der Waals surface area (Å²) >= 11 is 10.6. The molecule has 0 unspecified atom stereocenters. The van der Waals surface area contributed by atoms with Gasteiger partial charge >= 0.3 is 0 Å². The number of benzene rings is 3. The standard InChI is InChI=1S/C19H9ClI2O2/c20-11-3-1-2-10(6-11)19-13-7-12(21)4-5-17(13)24-18-9-16(23)15(22)8-14(18)19/h1-9H. The Labute approximate surface area is 170 Å². The predicted octanol–water partition coefficient (Wildman–Crippen LogP) is 6.43. The maximum Gasteiger partial charge on any atom is 0.195 e. The zero-order valence-corrected chi connectivity index (χ0v) is 17.2. The fraction of sp³-hybridized carbons (Fsp3) is 0. The van der Waals surface area contributed by atoms with E-state index in [1.807, 2.05) is 42.5 Å². The van der Waals surface area contributed by atoms with Crippen LogP contribution in [0.15, 0.2) is 63.8 Å². The monoisotopic (exact) mass is 558 g/mol. The predicted molar refractivity (Wildman–Crippen MR) is 115 cm³/mol. The first-order valence-corrected chi connectivity index (χ1v) is 9.68. The minimum atomic E-state index is -0.0336. The van der Waals surface area contributed by atoms with E-state index in [1.54, 1.807) is 6.07 Å². The Morgan fingerprint density at radius 2 is 1.79 bits per heavy atom. The average molecular weight is 559 g/mol. The van der Waals surface area contributed by atoms with Crippen molar-refractivity contribution in [3.8, 4) is 22.5 Å². The molecular weight excluding hydrogens is 549 g/mol. The van der Waals surface area contributed by atoms with Crippen LogP contribution < -0.4 is 5.43 Å². The first-order valence-electron chi connectivity index (χ1n) is 7.14. The quantitative estimate of drug-likeness (QED) is 0.199. The molecule has 4 rings (SSSR count). The van der Waals surface area contributed by atoms with Crippen molar-refractivity contribution in [3.05, 3.63) is 77.0 Å². The van der Waals surface area contributed by atoms with Gasteiger partial charge in [0.25, 0.3) is 0 Å². The van der Waals surface area contributed by atoms with Gasteiger partial charge in [-0.1, -0.05) is 23.7 Å². The molecule has 0 spiro atoms. The minimum absolute atomic E-state index is 0.0336. The van der Waals surface area contributed by atoms with Gasteiger partial charge in [0.15, 0.2) is 5.43 Å². The molecule has 0 saturated heterocycles. The summed E-state index contributed by atoms with van der Waals surface area (Å²) in [5.41, 5.74) is 3.66. The van der Waals surface area contributed by atoms with Crippen molar-refractivity contribution in [2.45, 2.75) is 0 Å². The van der Waals surface area contributed by atoms with E-state index in [9.17, 15) is 4.79 Å². The van der Waals surface area contributed by atoms with Crippen LogP contribution in [-0.2, 0) is 0 Å². The smallest absolute Gasteiger partial charge is 0.195 e. The van der Waals surface area contributed by atoms with Crippen LogP contribution in [-0.4, -0.2) is 0 Å². The normalized spacial score (nSPS) is 11.3. The minimum Gasteiger partial charge on any atom is -0.456 e. The fourth-order valence-corrected chi connectivity index (χ4v) is 3.97. The van der Waals surface area contributed by atoms with Gasteiger partial charge in [0.1, 0.15) is 11.3 Å². The second kappa shape index (κ2) is 6.31. The summed E-state index contributed by atoms with van der Waals surface area (Å²) < 4.78 is 7.78. The van der Waals surface area contributed by atoms with Gasteiger partial charge < -0.3 is 4.42 Å². The summed E-state index contributed by atoms with van der Waals surface area (Å²) in [6.07, 6.45) is 0. The third-order valence-electron chi connectivity index (χ3n) is 3.85. The van der Waals surface area contributed by atoms with E-state index in [1.165, 1.54) is 0 Å². The van der Waals surface area contributed by atoms with Crippen molar-refractivity contribution in [1.82, 2.24) is 0 Å². The van der Waals surface area contributed by atoms with E-state index in [4.69, 9.17) is 16.0 Å². The van der Waals surface area contributed by atoms with Gasteiger partial charge in [-0.2, -0.15) is 0 Å². The number of halogens is 3. The summed E-state index contributed by atoms with van der Waals surface area (Å²) in [5.74, 6) is 0.587. The van der Waals surface area contributed by atoms with Crippen molar-refractivity contribution >= 4 is 67.8 Å². The number of hydrogen-bond acceptors (Lipinski definition) is 2. The Kier molecular flexibility index (Phi) is 4.30. The SMILES string of the molecule is O=c1cc2oc3ccc(I)cc3c(-c3cccc(Cl)c3)c-2cc1I. The van der Waals surface area contributed by atoms with Crippen molar-refractivity contribution < 1.29 is 4.42 Å². The lowest BCUT2D eigenvalue weighted by molar-refractivity contribution is 0.619. The van der Waals surface area contributed by atoms with E-state index in [2.05, 4.69) is 51.2 Å². The number of rotatable bonds is 1. The van der Waals surface area contributed by atoms with Crippen LogP contribution in [0.2, 0.25) is 5.02 Å². The Morgan fingerprint density at radius 3 is 2.58 bits per heavy atom. The lowest BCUT2D eigenvalue weighted by Crippen LogP contribution is -2.05. The molecule has 24 heavy (non-hydrogen) atoms. The topological polar surface area (TPSA) is 30.2 Å². The second-order valence-electron chi connectivity index (χ2n) is 5.41. The van der Waals surface area contributed by atoms with Gasteiger partial charge in [0, 0.05) is 31.2 Å². The summed E-state index contributed by atoms with van der Waals surface area (Å²) in [7, 11) is 0. The van der Waals surface area contributed by atoms with Crippen LogP contribution in [0.1, 0.15) is 0 Å². The van der Waals surface area contributed by atoms with Crippen LogP contribution in [0, 0.1) is 7.14 Å². The molecule has 0 saturated carbocycles. The highest BCUT2D eigenvalue weighted by Crippen LogP contribution is 2.41. The molecule has 2 nitrogen and oxygen atoms in total. The Bertz CT molecular complexity index is 1120. The van der Waals surface area contributed by atoms with Crippen molar-refractivity contribution in [1.29, 1.82) is 0 Å². The zero-order valence-electron chi connectivity index (χ0n) is 12.1. The van der Waals surface area contributed by atoms with Crippen LogP contribution in [0.25, 0.3) is 33.4 Å². The third kappa shape index (κ3) is 2.84. The molecule has 0 radical (unpaired) electrons. The molecule has 0 fully saturated rings. The van der Waals surface area contributed by atoms with Crippen molar-refractivity contribution in [2.24, 2.45) is 0 Å². The lowest BCUT2D eigenvalue weighted by Gasteiger charge is -2.16. The molecule has 0 amide bonds. The molecule has 0 N–H and O–H groups in total. The first kappa shape index (κ1) is 16.4. The summed E-state index contributed by atoms with van der Waals surface area (Å²) in [6, 6.07) is 17.2. The lowest BCUT2D eigenvalue weighted by atomic mass is 9.94. The van der Waals surface area contributed by atoms with E-state index in [-0.39, 0.29) is 5.43 Å². The third-order valence-corrected chi connectivity index (χ3v) is 5.60. The molecular formula is C19H9ClI2O2. The van der Waals surface area contributed by atoms with Crippen molar-refractivity contribution in [2.75, 3.05) is 0 Å². The highest BCUT2D eigenvalue weighted by atomic mass is 127. The van der Waals surface area contributed by atoms with Gasteiger partial charge in [-0.25, -0.2) is 0 Å². The largest absolute Gasteiger partial charge is 0.456 e. The maximum absolute atomic E-state index is 12.0. The summed E-state index contributed by atoms with van der Waals surface area (Å²) in [5, 5.41) is 1.68. The van der Waals surface area contributed by atoms with Crippen molar-refractivity contribution in [3.63, 3.8) is 0 Å². The Balaban J connectivity index is 2.23. The van der Waals surface area contributed by atoms with Gasteiger partial charge in [-0.05, 0) is 87.1 Å². The van der Waals surface area contributed by atoms with Crippen LogP contribution in [0.3, 0.4) is 0 Å². The van der Waals surface area contributed by atoms with E-state index >= 15 is 0 Å². The van der Waals surface area contributed by atoms with Gasteiger partial charge in [0.05, 0.1) is 3.57 Å². The van der Waals surface area contributed by atoms with Crippen LogP contribution in [0.4, 0.5) is 0 Å². The highest BCUT2D eigenvalue weighted by molar-refractivity contribution is 14.1. The molecule has 2 aromatic rings. The number of fused-ring (bicyclic) bond motifs is 2. The molecule has 0 bridgehead atoms. The molecule has 118 valence electrons. The van der Waals surface area contributed by atoms with Gasteiger partial charge in [0.2, 0.25) is 0 Å². The molecule has 1 aliphatic heterocycles. The molecule has 1 heterocycles. The van der Waals surface area contributed by atoms with E-state index in [0.29, 0.717) is 14.4 Å². The van der Waals surface area contributed by atoms with E-state index < -0.39 is 0 Å². The van der Waals surface area contributed by atoms with Crippen LogP contribution in [0.5, 0.6) is 0 Å². The Hall–Kier alpha value is -1.12. The van der Waals surface area contributed by atoms with Gasteiger partial charge in [-0.15, -0.1) is 0 Å². The fourth-order valence-electron chi connectivity index (χ4n) is 2.82. The maximum atomic E-state index is 12.0. The molecule has 0 atom stereocenters. The number of hydrogen-bond donors (Lipinski definition) is 0. The molecule has 0 aromatic heterocycles. The zero-order chi connectivity index (χ0) is 16.8. The Morgan fingerprint density at radius 1 is 0.958 bits per heavy atom. The average Bonchev–Trinajstić information content (AvgIpc) is 2.54.